The largest absolute Gasteiger partial charge is 0.497 e. The maximum absolute atomic E-state index is 12.9. The molecule has 7 heteroatoms. The van der Waals surface area contributed by atoms with Crippen LogP contribution in [0.2, 0.25) is 0 Å². The van der Waals surface area contributed by atoms with Gasteiger partial charge in [0.25, 0.3) is 10.0 Å². The molecule has 0 atom stereocenters. The van der Waals surface area contributed by atoms with Gasteiger partial charge in [0.1, 0.15) is 11.5 Å². The van der Waals surface area contributed by atoms with Gasteiger partial charge in [-0.15, -0.1) is 0 Å². The van der Waals surface area contributed by atoms with Gasteiger partial charge in [-0.3, -0.25) is 0 Å². The Morgan fingerprint density at radius 1 is 0.867 bits per heavy atom. The standard InChI is InChI=1S/C23H18N2O4S/c1-28-20-13-17(14-21(15-20)29-2)8-9-18-12-19-10-11-25(23(19)24-16-18)30(26,27)22-6-4-3-5-7-22/h3-7,10-16H,1-2H3. The van der Waals surface area contributed by atoms with Crippen LogP contribution in [0.5, 0.6) is 11.5 Å². The summed E-state index contributed by atoms with van der Waals surface area (Å²) in [5.41, 5.74) is 1.75. The van der Waals surface area contributed by atoms with Gasteiger partial charge in [0.05, 0.1) is 19.1 Å². The monoisotopic (exact) mass is 418 g/mol. The van der Waals surface area contributed by atoms with Gasteiger partial charge in [-0.25, -0.2) is 17.4 Å². The Bertz CT molecular complexity index is 1360. The quantitative estimate of drug-likeness (QED) is 0.473. The second-order valence-electron chi connectivity index (χ2n) is 6.42. The summed E-state index contributed by atoms with van der Waals surface area (Å²) in [4.78, 5) is 4.55. The Kier molecular flexibility index (Phi) is 5.17. The fourth-order valence-electron chi connectivity index (χ4n) is 2.99. The lowest BCUT2D eigenvalue weighted by Gasteiger charge is -2.06. The molecule has 0 aliphatic heterocycles. The second kappa shape index (κ2) is 7.93. The molecule has 2 aromatic heterocycles. The van der Waals surface area contributed by atoms with E-state index in [1.165, 1.54) is 10.2 Å². The first-order valence-electron chi connectivity index (χ1n) is 9.04. The first-order chi connectivity index (χ1) is 14.5. The lowest BCUT2D eigenvalue weighted by atomic mass is 10.1. The molecular formula is C23H18N2O4S. The third-order valence-corrected chi connectivity index (χ3v) is 6.18. The summed E-state index contributed by atoms with van der Waals surface area (Å²) in [5.74, 6) is 7.41. The molecule has 2 heterocycles. The molecular weight excluding hydrogens is 400 g/mol. The van der Waals surface area contributed by atoms with E-state index in [4.69, 9.17) is 9.47 Å². The molecule has 0 aliphatic rings. The molecule has 0 unspecified atom stereocenters. The third kappa shape index (κ3) is 3.73. The van der Waals surface area contributed by atoms with E-state index in [1.807, 2.05) is 18.2 Å². The third-order valence-electron chi connectivity index (χ3n) is 4.50. The van der Waals surface area contributed by atoms with Crippen molar-refractivity contribution in [3.63, 3.8) is 0 Å². The fraction of sp³-hybridized carbons (Fsp3) is 0.0870. The average molecular weight is 418 g/mol. The minimum absolute atomic E-state index is 0.208. The van der Waals surface area contributed by atoms with Crippen LogP contribution >= 0.6 is 0 Å². The highest BCUT2D eigenvalue weighted by Crippen LogP contribution is 2.23. The Hall–Kier alpha value is -3.76. The molecule has 0 fully saturated rings. The second-order valence-corrected chi connectivity index (χ2v) is 8.23. The number of nitrogens with zero attached hydrogens (tertiary/aromatic N) is 2. The minimum Gasteiger partial charge on any atom is -0.497 e. The van der Waals surface area contributed by atoms with Crippen molar-refractivity contribution in [2.24, 2.45) is 0 Å². The van der Waals surface area contributed by atoms with Crippen LogP contribution in [0.1, 0.15) is 11.1 Å². The number of methoxy groups -OCH3 is 2. The average Bonchev–Trinajstić information content (AvgIpc) is 3.22. The highest BCUT2D eigenvalue weighted by Gasteiger charge is 2.19. The summed E-state index contributed by atoms with van der Waals surface area (Å²) in [5, 5.41) is 0.685. The molecule has 4 rings (SSSR count). The van der Waals surface area contributed by atoms with Crippen LogP contribution in [0.15, 0.2) is 78.0 Å². The van der Waals surface area contributed by atoms with Crippen LogP contribution in [0, 0.1) is 11.8 Å². The molecule has 0 N–H and O–H groups in total. The Balaban J connectivity index is 1.70. The van der Waals surface area contributed by atoms with Crippen LogP contribution in [-0.4, -0.2) is 31.6 Å². The van der Waals surface area contributed by atoms with E-state index in [-0.39, 0.29) is 4.90 Å². The van der Waals surface area contributed by atoms with Gasteiger partial charge >= 0.3 is 0 Å². The molecule has 0 saturated carbocycles. The number of benzene rings is 2. The number of rotatable bonds is 4. The van der Waals surface area contributed by atoms with Gasteiger partial charge in [0.15, 0.2) is 5.65 Å². The molecule has 6 nitrogen and oxygen atoms in total. The molecule has 30 heavy (non-hydrogen) atoms. The van der Waals surface area contributed by atoms with E-state index in [0.717, 1.165) is 5.56 Å². The molecule has 150 valence electrons. The van der Waals surface area contributed by atoms with E-state index in [0.29, 0.717) is 28.1 Å². The van der Waals surface area contributed by atoms with Crippen LogP contribution < -0.4 is 9.47 Å². The lowest BCUT2D eigenvalue weighted by Crippen LogP contribution is -2.12. The molecule has 0 aliphatic carbocycles. The molecule has 0 amide bonds. The SMILES string of the molecule is COc1cc(C#Cc2cnc3c(ccn3S(=O)(=O)c3ccccc3)c2)cc(OC)c1. The summed E-state index contributed by atoms with van der Waals surface area (Å²) in [6.07, 6.45) is 3.06. The van der Waals surface area contributed by atoms with Gasteiger partial charge < -0.3 is 9.47 Å². The van der Waals surface area contributed by atoms with Crippen LogP contribution in [0.25, 0.3) is 11.0 Å². The zero-order valence-electron chi connectivity index (χ0n) is 16.4. The first-order valence-corrected chi connectivity index (χ1v) is 10.5. The highest BCUT2D eigenvalue weighted by molar-refractivity contribution is 7.90. The summed E-state index contributed by atoms with van der Waals surface area (Å²) in [6, 6.07) is 17.2. The zero-order valence-corrected chi connectivity index (χ0v) is 17.2. The Morgan fingerprint density at radius 3 is 2.20 bits per heavy atom. The summed E-state index contributed by atoms with van der Waals surface area (Å²) in [7, 11) is -0.553. The van der Waals surface area contributed by atoms with Gasteiger partial charge in [0.2, 0.25) is 0 Å². The maximum atomic E-state index is 12.9. The van der Waals surface area contributed by atoms with Crippen molar-refractivity contribution in [1.29, 1.82) is 0 Å². The van der Waals surface area contributed by atoms with Crippen LogP contribution in [0.3, 0.4) is 0 Å². The number of hydrogen-bond donors (Lipinski definition) is 0. The normalized spacial score (nSPS) is 11.0. The Labute approximate surface area is 174 Å². The topological polar surface area (TPSA) is 70.4 Å². The van der Waals surface area contributed by atoms with Crippen molar-refractivity contribution in [2.45, 2.75) is 4.90 Å². The van der Waals surface area contributed by atoms with Gasteiger partial charge in [-0.2, -0.15) is 0 Å². The number of aromatic nitrogens is 2. The number of pyridine rings is 1. The van der Waals surface area contributed by atoms with Crippen molar-refractivity contribution in [1.82, 2.24) is 8.96 Å². The van der Waals surface area contributed by atoms with Gasteiger partial charge in [-0.05, 0) is 36.4 Å². The van der Waals surface area contributed by atoms with E-state index in [1.54, 1.807) is 62.9 Å². The predicted octanol–water partition coefficient (Wildman–Crippen LogP) is 3.69. The number of ether oxygens (including phenoxy) is 2. The molecule has 2 aromatic carbocycles. The van der Waals surface area contributed by atoms with Crippen molar-refractivity contribution in [2.75, 3.05) is 14.2 Å². The summed E-state index contributed by atoms with van der Waals surface area (Å²) >= 11 is 0. The van der Waals surface area contributed by atoms with Crippen LogP contribution in [0.4, 0.5) is 0 Å². The number of hydrogen-bond acceptors (Lipinski definition) is 5. The van der Waals surface area contributed by atoms with Gasteiger partial charge in [-0.1, -0.05) is 30.0 Å². The highest BCUT2D eigenvalue weighted by atomic mass is 32.2. The van der Waals surface area contributed by atoms with Crippen molar-refractivity contribution >= 4 is 21.1 Å². The molecule has 0 bridgehead atoms. The molecule has 0 radical (unpaired) electrons. The van der Waals surface area contributed by atoms with Crippen LogP contribution in [-0.2, 0) is 10.0 Å². The van der Waals surface area contributed by atoms with Crippen molar-refractivity contribution < 1.29 is 17.9 Å². The predicted molar refractivity (Wildman–Crippen MR) is 114 cm³/mol. The van der Waals surface area contributed by atoms with Gasteiger partial charge in [0, 0.05) is 35.0 Å². The molecule has 0 spiro atoms. The maximum Gasteiger partial charge on any atom is 0.269 e. The van der Waals surface area contributed by atoms with E-state index >= 15 is 0 Å². The lowest BCUT2D eigenvalue weighted by molar-refractivity contribution is 0.394. The van der Waals surface area contributed by atoms with E-state index in [9.17, 15) is 8.42 Å². The zero-order chi connectivity index (χ0) is 21.1. The van der Waals surface area contributed by atoms with E-state index in [2.05, 4.69) is 16.8 Å². The minimum atomic E-state index is -3.72. The Morgan fingerprint density at radius 2 is 1.53 bits per heavy atom. The van der Waals surface area contributed by atoms with E-state index < -0.39 is 10.0 Å². The molecule has 0 saturated heterocycles. The van der Waals surface area contributed by atoms with Crippen molar-refractivity contribution in [3.05, 3.63) is 84.2 Å². The fourth-order valence-corrected chi connectivity index (χ4v) is 4.32. The summed E-state index contributed by atoms with van der Waals surface area (Å²) < 4.78 is 37.5. The summed E-state index contributed by atoms with van der Waals surface area (Å²) in [6.45, 7) is 0. The molecule has 4 aromatic rings. The number of fused-ring (bicyclic) bond motifs is 1. The first kappa shape index (κ1) is 19.6. The van der Waals surface area contributed by atoms with Crippen molar-refractivity contribution in [3.8, 4) is 23.3 Å². The smallest absolute Gasteiger partial charge is 0.269 e.